The van der Waals surface area contributed by atoms with Gasteiger partial charge in [0.25, 0.3) is 0 Å². The van der Waals surface area contributed by atoms with Gasteiger partial charge in [-0.3, -0.25) is 4.90 Å². The fourth-order valence-corrected chi connectivity index (χ4v) is 2.67. The molecule has 0 aliphatic rings. The minimum absolute atomic E-state index is 0.912. The van der Waals surface area contributed by atoms with Gasteiger partial charge in [-0.25, -0.2) is 4.98 Å². The van der Waals surface area contributed by atoms with E-state index in [0.29, 0.717) is 0 Å². The van der Waals surface area contributed by atoms with Crippen molar-refractivity contribution in [1.29, 1.82) is 0 Å². The lowest BCUT2D eigenvalue weighted by Gasteiger charge is -2.18. The lowest BCUT2D eigenvalue weighted by molar-refractivity contribution is 0.319. The van der Waals surface area contributed by atoms with Crippen molar-refractivity contribution in [3.8, 4) is 0 Å². The molecule has 0 amide bonds. The van der Waals surface area contributed by atoms with Crippen LogP contribution in [0.25, 0.3) is 0 Å². The number of thiophene rings is 1. The van der Waals surface area contributed by atoms with Gasteiger partial charge in [0, 0.05) is 31.4 Å². The molecule has 4 heteroatoms. The van der Waals surface area contributed by atoms with Gasteiger partial charge in [-0.15, -0.1) is 0 Å². The first-order valence-electron chi connectivity index (χ1n) is 6.67. The van der Waals surface area contributed by atoms with E-state index in [1.165, 1.54) is 11.1 Å². The van der Waals surface area contributed by atoms with Gasteiger partial charge in [0.1, 0.15) is 5.82 Å². The molecule has 0 radical (unpaired) electrons. The number of aromatic nitrogens is 1. The van der Waals surface area contributed by atoms with Crippen molar-refractivity contribution in [1.82, 2.24) is 9.88 Å². The van der Waals surface area contributed by atoms with E-state index in [2.05, 4.69) is 52.1 Å². The third-order valence-electron chi connectivity index (χ3n) is 2.91. The van der Waals surface area contributed by atoms with Crippen LogP contribution in [0.2, 0.25) is 0 Å². The molecule has 0 saturated heterocycles. The van der Waals surface area contributed by atoms with Gasteiger partial charge >= 0.3 is 0 Å². The largest absolute Gasteiger partial charge is 0.370 e. The van der Waals surface area contributed by atoms with E-state index < -0.39 is 0 Å². The number of rotatable bonds is 7. The van der Waals surface area contributed by atoms with Crippen LogP contribution >= 0.6 is 11.3 Å². The number of hydrogen-bond acceptors (Lipinski definition) is 4. The highest BCUT2D eigenvalue weighted by Gasteiger charge is 2.07. The molecular weight excluding hydrogens is 254 g/mol. The minimum atomic E-state index is 0.912. The van der Waals surface area contributed by atoms with Crippen LogP contribution in [0.4, 0.5) is 5.82 Å². The first-order chi connectivity index (χ1) is 9.29. The Bertz CT molecular complexity index is 482. The minimum Gasteiger partial charge on any atom is -0.370 e. The van der Waals surface area contributed by atoms with Gasteiger partial charge in [-0.2, -0.15) is 11.3 Å². The molecule has 3 nitrogen and oxygen atoms in total. The Morgan fingerprint density at radius 3 is 2.95 bits per heavy atom. The van der Waals surface area contributed by atoms with Crippen molar-refractivity contribution in [3.63, 3.8) is 0 Å². The molecule has 0 bridgehead atoms. The monoisotopic (exact) mass is 275 g/mol. The third-order valence-corrected chi connectivity index (χ3v) is 3.64. The predicted octanol–water partition coefficient (Wildman–Crippen LogP) is 3.60. The Hall–Kier alpha value is -1.39. The Balaban J connectivity index is 1.97. The van der Waals surface area contributed by atoms with Gasteiger partial charge in [-0.1, -0.05) is 13.0 Å². The fourth-order valence-electron chi connectivity index (χ4n) is 2.01. The lowest BCUT2D eigenvalue weighted by atomic mass is 10.2. The molecule has 19 heavy (non-hydrogen) atoms. The quantitative estimate of drug-likeness (QED) is 0.837. The first-order valence-corrected chi connectivity index (χ1v) is 7.61. The summed E-state index contributed by atoms with van der Waals surface area (Å²) in [4.78, 5) is 6.75. The molecule has 0 fully saturated rings. The average molecular weight is 275 g/mol. The zero-order chi connectivity index (χ0) is 13.5. The van der Waals surface area contributed by atoms with Crippen LogP contribution in [0.1, 0.15) is 24.5 Å². The molecular formula is C15H21N3S. The normalized spacial score (nSPS) is 10.9. The van der Waals surface area contributed by atoms with Gasteiger partial charge in [-0.05, 0) is 41.9 Å². The maximum Gasteiger partial charge on any atom is 0.130 e. The second-order valence-corrected chi connectivity index (χ2v) is 5.52. The summed E-state index contributed by atoms with van der Waals surface area (Å²) in [7, 11) is 2.15. The number of anilines is 1. The maximum atomic E-state index is 4.43. The highest BCUT2D eigenvalue weighted by atomic mass is 32.1. The van der Waals surface area contributed by atoms with Gasteiger partial charge in [0.05, 0.1) is 0 Å². The lowest BCUT2D eigenvalue weighted by Crippen LogP contribution is -2.18. The smallest absolute Gasteiger partial charge is 0.130 e. The topological polar surface area (TPSA) is 28.2 Å². The van der Waals surface area contributed by atoms with Crippen LogP contribution in [0, 0.1) is 0 Å². The SMILES string of the molecule is CCCNc1ncccc1CN(C)Cc1ccsc1. The Morgan fingerprint density at radius 1 is 1.32 bits per heavy atom. The number of pyridine rings is 1. The molecule has 0 unspecified atom stereocenters. The van der Waals surface area contributed by atoms with E-state index in [1.54, 1.807) is 11.3 Å². The van der Waals surface area contributed by atoms with E-state index in [9.17, 15) is 0 Å². The van der Waals surface area contributed by atoms with E-state index in [1.807, 2.05) is 12.3 Å². The van der Waals surface area contributed by atoms with Crippen LogP contribution in [-0.4, -0.2) is 23.5 Å². The van der Waals surface area contributed by atoms with Crippen molar-refractivity contribution in [2.45, 2.75) is 26.4 Å². The van der Waals surface area contributed by atoms with Crippen LogP contribution in [-0.2, 0) is 13.1 Å². The molecule has 2 rings (SSSR count). The van der Waals surface area contributed by atoms with E-state index >= 15 is 0 Å². The molecule has 0 aromatic carbocycles. The molecule has 2 heterocycles. The van der Waals surface area contributed by atoms with Gasteiger partial charge in [0.2, 0.25) is 0 Å². The summed E-state index contributed by atoms with van der Waals surface area (Å²) >= 11 is 1.75. The standard InChI is InChI=1S/C15H21N3S/c1-3-7-16-15-14(5-4-8-17-15)11-18(2)10-13-6-9-19-12-13/h4-6,8-9,12H,3,7,10-11H2,1-2H3,(H,16,17). The Labute approximate surface area is 119 Å². The van der Waals surface area contributed by atoms with Crippen LogP contribution in [0.15, 0.2) is 35.2 Å². The molecule has 0 atom stereocenters. The van der Waals surface area contributed by atoms with Crippen LogP contribution in [0.5, 0.6) is 0 Å². The van der Waals surface area contributed by atoms with E-state index in [4.69, 9.17) is 0 Å². The zero-order valence-corrected chi connectivity index (χ0v) is 12.4. The second-order valence-electron chi connectivity index (χ2n) is 4.74. The zero-order valence-electron chi connectivity index (χ0n) is 11.6. The highest BCUT2D eigenvalue weighted by Crippen LogP contribution is 2.16. The predicted molar refractivity (Wildman–Crippen MR) is 82.5 cm³/mol. The van der Waals surface area contributed by atoms with E-state index in [-0.39, 0.29) is 0 Å². The summed E-state index contributed by atoms with van der Waals surface area (Å²) in [5.74, 6) is 1.02. The van der Waals surface area contributed by atoms with Crippen molar-refractivity contribution < 1.29 is 0 Å². The van der Waals surface area contributed by atoms with E-state index in [0.717, 1.165) is 31.9 Å². The summed E-state index contributed by atoms with van der Waals surface area (Å²) in [6.07, 6.45) is 2.96. The van der Waals surface area contributed by atoms with Crippen molar-refractivity contribution in [2.24, 2.45) is 0 Å². The van der Waals surface area contributed by atoms with Crippen molar-refractivity contribution >= 4 is 17.2 Å². The van der Waals surface area contributed by atoms with Crippen LogP contribution < -0.4 is 5.32 Å². The molecule has 2 aromatic heterocycles. The second kappa shape index (κ2) is 7.26. The molecule has 0 aliphatic carbocycles. The van der Waals surface area contributed by atoms with Gasteiger partial charge in [0.15, 0.2) is 0 Å². The average Bonchev–Trinajstić information content (AvgIpc) is 2.90. The molecule has 2 aromatic rings. The summed E-state index contributed by atoms with van der Waals surface area (Å²) in [6, 6.07) is 6.33. The summed E-state index contributed by atoms with van der Waals surface area (Å²) in [5.41, 5.74) is 2.63. The summed E-state index contributed by atoms with van der Waals surface area (Å²) in [6.45, 7) is 5.03. The number of hydrogen-bond donors (Lipinski definition) is 1. The molecule has 1 N–H and O–H groups in total. The number of nitrogens with zero attached hydrogens (tertiary/aromatic N) is 2. The fraction of sp³-hybridized carbons (Fsp3) is 0.400. The Morgan fingerprint density at radius 2 is 2.21 bits per heavy atom. The maximum absolute atomic E-state index is 4.43. The Kier molecular flexibility index (Phi) is 5.36. The molecule has 102 valence electrons. The summed E-state index contributed by atoms with van der Waals surface area (Å²) in [5, 5.41) is 7.72. The number of nitrogens with one attached hydrogen (secondary N) is 1. The summed E-state index contributed by atoms with van der Waals surface area (Å²) < 4.78 is 0. The highest BCUT2D eigenvalue weighted by molar-refractivity contribution is 7.07. The molecule has 0 aliphatic heterocycles. The van der Waals surface area contributed by atoms with Crippen molar-refractivity contribution in [3.05, 3.63) is 46.3 Å². The van der Waals surface area contributed by atoms with Crippen molar-refractivity contribution in [2.75, 3.05) is 18.9 Å². The molecule has 0 saturated carbocycles. The molecule has 0 spiro atoms. The third kappa shape index (κ3) is 4.33. The first kappa shape index (κ1) is 14.0. The van der Waals surface area contributed by atoms with Crippen LogP contribution in [0.3, 0.4) is 0 Å². The van der Waals surface area contributed by atoms with Gasteiger partial charge < -0.3 is 5.32 Å².